The largest absolute Gasteiger partial charge is 0.378 e. The molecule has 0 aliphatic heterocycles. The molecular formula is C16H25IN6. The second kappa shape index (κ2) is 9.39. The van der Waals surface area contributed by atoms with E-state index in [0.29, 0.717) is 6.54 Å². The molecule has 1 aromatic carbocycles. The Morgan fingerprint density at radius 1 is 1.13 bits per heavy atom. The number of nitrogens with one attached hydrogen (secondary N) is 2. The molecular weight excluding hydrogens is 403 g/mol. The third-order valence-corrected chi connectivity index (χ3v) is 3.50. The number of hydrogen-bond acceptors (Lipinski definition) is 3. The summed E-state index contributed by atoms with van der Waals surface area (Å²) in [5.74, 6) is 0.776. The van der Waals surface area contributed by atoms with Gasteiger partial charge >= 0.3 is 0 Å². The topological polar surface area (TPSA) is 57.5 Å². The zero-order valence-corrected chi connectivity index (χ0v) is 16.4. The number of nitrogens with zero attached hydrogens (tertiary/aromatic N) is 4. The summed E-state index contributed by atoms with van der Waals surface area (Å²) in [5.41, 5.74) is 3.52. The first-order valence-electron chi connectivity index (χ1n) is 7.28. The van der Waals surface area contributed by atoms with Crippen molar-refractivity contribution in [2.75, 3.05) is 26.0 Å². The highest BCUT2D eigenvalue weighted by Gasteiger charge is 2.02. The first kappa shape index (κ1) is 19.3. The maximum atomic E-state index is 4.23. The predicted octanol–water partition coefficient (Wildman–Crippen LogP) is 1.97. The summed E-state index contributed by atoms with van der Waals surface area (Å²) >= 11 is 0. The van der Waals surface area contributed by atoms with Crippen molar-refractivity contribution in [3.05, 3.63) is 47.8 Å². The number of halogens is 1. The summed E-state index contributed by atoms with van der Waals surface area (Å²) in [6, 6.07) is 10.5. The van der Waals surface area contributed by atoms with Crippen LogP contribution in [0.15, 0.2) is 41.5 Å². The van der Waals surface area contributed by atoms with E-state index in [9.17, 15) is 0 Å². The molecule has 0 atom stereocenters. The Bertz CT molecular complexity index is 618. The standard InChI is InChI=1S/C16H24N6.HI/c1-17-16(19-12-15-9-10-20-22(15)4)18-11-13-5-7-14(8-6-13)21(2)3;/h5-10H,11-12H2,1-4H3,(H2,17,18,19);1H. The van der Waals surface area contributed by atoms with Crippen LogP contribution < -0.4 is 15.5 Å². The molecule has 6 nitrogen and oxygen atoms in total. The number of anilines is 1. The monoisotopic (exact) mass is 428 g/mol. The van der Waals surface area contributed by atoms with Crippen molar-refractivity contribution >= 4 is 35.6 Å². The number of aromatic nitrogens is 2. The molecule has 126 valence electrons. The van der Waals surface area contributed by atoms with Gasteiger partial charge in [-0.1, -0.05) is 12.1 Å². The number of rotatable bonds is 5. The van der Waals surface area contributed by atoms with Crippen molar-refractivity contribution in [3.63, 3.8) is 0 Å². The van der Waals surface area contributed by atoms with Crippen molar-refractivity contribution in [2.45, 2.75) is 13.1 Å². The van der Waals surface area contributed by atoms with Gasteiger partial charge < -0.3 is 15.5 Å². The van der Waals surface area contributed by atoms with Crippen LogP contribution in [0.5, 0.6) is 0 Å². The van der Waals surface area contributed by atoms with E-state index in [0.717, 1.165) is 18.2 Å². The lowest BCUT2D eigenvalue weighted by Gasteiger charge is -2.14. The molecule has 7 heteroatoms. The van der Waals surface area contributed by atoms with E-state index in [4.69, 9.17) is 0 Å². The zero-order chi connectivity index (χ0) is 15.9. The molecule has 0 unspecified atom stereocenters. The Morgan fingerprint density at radius 3 is 2.30 bits per heavy atom. The van der Waals surface area contributed by atoms with E-state index in [-0.39, 0.29) is 24.0 Å². The molecule has 0 fully saturated rings. The lowest BCUT2D eigenvalue weighted by atomic mass is 10.2. The van der Waals surface area contributed by atoms with E-state index in [2.05, 4.69) is 49.9 Å². The second-order valence-corrected chi connectivity index (χ2v) is 5.29. The Kier molecular flexibility index (Phi) is 7.87. The SMILES string of the molecule is CN=C(NCc1ccc(N(C)C)cc1)NCc1ccnn1C.I. The van der Waals surface area contributed by atoms with Crippen LogP contribution in [0.4, 0.5) is 5.69 Å². The first-order valence-corrected chi connectivity index (χ1v) is 7.28. The number of aryl methyl sites for hydroxylation is 1. The van der Waals surface area contributed by atoms with Gasteiger partial charge in [0.2, 0.25) is 0 Å². The van der Waals surface area contributed by atoms with Crippen molar-refractivity contribution in [1.29, 1.82) is 0 Å². The molecule has 0 spiro atoms. The van der Waals surface area contributed by atoms with E-state index < -0.39 is 0 Å². The third kappa shape index (κ3) is 5.74. The molecule has 1 heterocycles. The number of guanidine groups is 1. The molecule has 0 saturated carbocycles. The molecule has 0 aliphatic carbocycles. The van der Waals surface area contributed by atoms with Crippen molar-refractivity contribution in [1.82, 2.24) is 20.4 Å². The van der Waals surface area contributed by atoms with E-state index in [1.165, 1.54) is 11.3 Å². The van der Waals surface area contributed by atoms with Gasteiger partial charge in [-0.25, -0.2) is 0 Å². The Morgan fingerprint density at radius 2 is 1.78 bits per heavy atom. The highest BCUT2D eigenvalue weighted by molar-refractivity contribution is 14.0. The van der Waals surface area contributed by atoms with Gasteiger partial charge in [0, 0.05) is 46.6 Å². The molecule has 0 bridgehead atoms. The molecule has 0 radical (unpaired) electrons. The molecule has 0 amide bonds. The van der Waals surface area contributed by atoms with Gasteiger partial charge in [0.15, 0.2) is 5.96 Å². The van der Waals surface area contributed by atoms with Gasteiger partial charge in [0.1, 0.15) is 0 Å². The molecule has 2 aromatic rings. The maximum Gasteiger partial charge on any atom is 0.191 e. The van der Waals surface area contributed by atoms with Crippen molar-refractivity contribution in [2.24, 2.45) is 12.0 Å². The summed E-state index contributed by atoms with van der Waals surface area (Å²) in [4.78, 5) is 6.32. The van der Waals surface area contributed by atoms with E-state index >= 15 is 0 Å². The average Bonchev–Trinajstić information content (AvgIpc) is 2.93. The highest BCUT2D eigenvalue weighted by atomic mass is 127. The fourth-order valence-corrected chi connectivity index (χ4v) is 2.07. The minimum absolute atomic E-state index is 0. The van der Waals surface area contributed by atoms with Gasteiger partial charge in [-0.15, -0.1) is 24.0 Å². The fraction of sp³-hybridized carbons (Fsp3) is 0.375. The van der Waals surface area contributed by atoms with Crippen LogP contribution in [-0.4, -0.2) is 36.9 Å². The van der Waals surface area contributed by atoms with E-state index in [1.54, 1.807) is 13.2 Å². The van der Waals surface area contributed by atoms with Gasteiger partial charge in [0.05, 0.1) is 12.2 Å². The lowest BCUT2D eigenvalue weighted by Crippen LogP contribution is -2.36. The molecule has 2 rings (SSSR count). The van der Waals surface area contributed by atoms with Crippen LogP contribution in [0.25, 0.3) is 0 Å². The predicted molar refractivity (Wildman–Crippen MR) is 106 cm³/mol. The summed E-state index contributed by atoms with van der Waals surface area (Å²) in [5, 5.41) is 10.7. The summed E-state index contributed by atoms with van der Waals surface area (Å²) < 4.78 is 1.85. The van der Waals surface area contributed by atoms with Crippen LogP contribution in [0.2, 0.25) is 0 Å². The van der Waals surface area contributed by atoms with Crippen molar-refractivity contribution in [3.8, 4) is 0 Å². The van der Waals surface area contributed by atoms with Crippen LogP contribution in [0, 0.1) is 0 Å². The normalized spacial score (nSPS) is 10.9. The van der Waals surface area contributed by atoms with Crippen LogP contribution in [-0.2, 0) is 20.1 Å². The summed E-state index contributed by atoms with van der Waals surface area (Å²) in [6.45, 7) is 1.43. The number of aliphatic imine (C=N–C) groups is 1. The smallest absolute Gasteiger partial charge is 0.191 e. The molecule has 0 aliphatic rings. The molecule has 2 N–H and O–H groups in total. The van der Waals surface area contributed by atoms with Crippen LogP contribution >= 0.6 is 24.0 Å². The first-order chi connectivity index (χ1) is 10.6. The molecule has 1 aromatic heterocycles. The highest BCUT2D eigenvalue weighted by Crippen LogP contribution is 2.11. The van der Waals surface area contributed by atoms with E-state index in [1.807, 2.05) is 31.9 Å². The third-order valence-electron chi connectivity index (χ3n) is 3.50. The molecule has 23 heavy (non-hydrogen) atoms. The number of benzene rings is 1. The fourth-order valence-electron chi connectivity index (χ4n) is 2.07. The average molecular weight is 428 g/mol. The Labute approximate surface area is 155 Å². The minimum atomic E-state index is 0. The Hall–Kier alpha value is -1.77. The van der Waals surface area contributed by atoms with Crippen molar-refractivity contribution < 1.29 is 0 Å². The van der Waals surface area contributed by atoms with Crippen LogP contribution in [0.1, 0.15) is 11.3 Å². The summed E-state index contributed by atoms with van der Waals surface area (Å²) in [6.07, 6.45) is 1.79. The minimum Gasteiger partial charge on any atom is -0.378 e. The van der Waals surface area contributed by atoms with Crippen LogP contribution in [0.3, 0.4) is 0 Å². The lowest BCUT2D eigenvalue weighted by molar-refractivity contribution is 0.684. The Balaban J connectivity index is 0.00000264. The van der Waals surface area contributed by atoms with Gasteiger partial charge in [-0.2, -0.15) is 5.10 Å². The summed E-state index contributed by atoms with van der Waals surface area (Å²) in [7, 11) is 7.78. The molecule has 0 saturated heterocycles. The quantitative estimate of drug-likeness (QED) is 0.435. The zero-order valence-electron chi connectivity index (χ0n) is 14.1. The maximum absolute atomic E-state index is 4.23. The second-order valence-electron chi connectivity index (χ2n) is 5.29. The van der Waals surface area contributed by atoms with Gasteiger partial charge in [-0.3, -0.25) is 9.67 Å². The number of hydrogen-bond donors (Lipinski definition) is 2. The van der Waals surface area contributed by atoms with Gasteiger partial charge in [-0.05, 0) is 23.8 Å². The van der Waals surface area contributed by atoms with Gasteiger partial charge in [0.25, 0.3) is 0 Å².